The highest BCUT2D eigenvalue weighted by Crippen LogP contribution is 2.23. The minimum Gasteiger partial charge on any atom is -0.352 e. The van der Waals surface area contributed by atoms with Crippen LogP contribution in [0.4, 0.5) is 0 Å². The molecule has 0 radical (unpaired) electrons. The molecule has 0 aliphatic heterocycles. The summed E-state index contributed by atoms with van der Waals surface area (Å²) in [6.45, 7) is 3.72. The molecule has 2 amide bonds. The third-order valence-corrected chi connectivity index (χ3v) is 9.15. The van der Waals surface area contributed by atoms with Crippen molar-refractivity contribution in [2.75, 3.05) is 13.6 Å². The van der Waals surface area contributed by atoms with Crippen LogP contribution >= 0.6 is 0 Å². The van der Waals surface area contributed by atoms with E-state index in [9.17, 15) is 18.0 Å². The van der Waals surface area contributed by atoms with Gasteiger partial charge in [-0.2, -0.15) is 4.31 Å². The van der Waals surface area contributed by atoms with E-state index in [0.29, 0.717) is 6.42 Å². The van der Waals surface area contributed by atoms with Crippen molar-refractivity contribution in [2.24, 2.45) is 0 Å². The number of benzene rings is 3. The lowest BCUT2D eigenvalue weighted by atomic mass is 10.1. The summed E-state index contributed by atoms with van der Waals surface area (Å²) in [7, 11) is -2.51. The minimum absolute atomic E-state index is 0.127. The molecule has 4 rings (SSSR count). The smallest absolute Gasteiger partial charge is 0.243 e. The van der Waals surface area contributed by atoms with Crippen molar-refractivity contribution >= 4 is 32.6 Å². The molecule has 7 nitrogen and oxygen atoms in total. The standard InChI is InChI=1S/C30H37N3O4S/c1-4-28(30(35)31-26-11-7-8-12-26)33(20-23-15-13-22(2)14-16-23)29(34)21-32(3)38(36,37)27-18-17-24-9-5-6-10-25(24)19-27/h5-6,9-10,13-19,26,28H,4,7-8,11-12,20-21H2,1-3H3,(H,31,35)/t28-/m1/s1. The molecule has 1 atom stereocenters. The SMILES string of the molecule is CC[C@H](C(=O)NC1CCCC1)N(Cc1ccc(C)cc1)C(=O)CN(C)S(=O)(=O)c1ccc2ccccc2c1. The van der Waals surface area contributed by atoms with Crippen molar-refractivity contribution in [2.45, 2.75) is 69.5 Å². The molecule has 0 spiro atoms. The summed E-state index contributed by atoms with van der Waals surface area (Å²) in [5, 5.41) is 4.87. The second-order valence-corrected chi connectivity index (χ2v) is 12.2. The Kier molecular flexibility index (Phi) is 8.84. The molecule has 1 saturated carbocycles. The zero-order valence-electron chi connectivity index (χ0n) is 22.4. The van der Waals surface area contributed by atoms with Gasteiger partial charge in [0.1, 0.15) is 6.04 Å². The van der Waals surface area contributed by atoms with E-state index in [4.69, 9.17) is 0 Å². The molecule has 38 heavy (non-hydrogen) atoms. The Morgan fingerprint density at radius 3 is 2.29 bits per heavy atom. The number of carbonyl (C=O) groups excluding carboxylic acids is 2. The second kappa shape index (κ2) is 12.1. The van der Waals surface area contributed by atoms with E-state index >= 15 is 0 Å². The Balaban J connectivity index is 1.57. The van der Waals surface area contributed by atoms with Crippen molar-refractivity contribution in [1.29, 1.82) is 0 Å². The van der Waals surface area contributed by atoms with Crippen LogP contribution in [-0.2, 0) is 26.2 Å². The summed E-state index contributed by atoms with van der Waals surface area (Å²) in [6, 6.07) is 19.7. The maximum atomic E-state index is 13.7. The number of nitrogens with zero attached hydrogens (tertiary/aromatic N) is 2. The van der Waals surface area contributed by atoms with Gasteiger partial charge in [-0.3, -0.25) is 9.59 Å². The van der Waals surface area contributed by atoms with Crippen molar-refractivity contribution in [3.63, 3.8) is 0 Å². The van der Waals surface area contributed by atoms with Gasteiger partial charge in [0.25, 0.3) is 0 Å². The van der Waals surface area contributed by atoms with E-state index in [1.54, 1.807) is 18.2 Å². The van der Waals surface area contributed by atoms with E-state index < -0.39 is 22.0 Å². The lowest BCUT2D eigenvalue weighted by Gasteiger charge is -2.32. The molecule has 0 bridgehead atoms. The molecule has 3 aromatic carbocycles. The van der Waals surface area contributed by atoms with Crippen molar-refractivity contribution in [3.8, 4) is 0 Å². The van der Waals surface area contributed by atoms with Crippen LogP contribution in [0.1, 0.15) is 50.2 Å². The molecule has 0 aromatic heterocycles. The number of hydrogen-bond acceptors (Lipinski definition) is 4. The monoisotopic (exact) mass is 535 g/mol. The third-order valence-electron chi connectivity index (χ3n) is 7.35. The fourth-order valence-electron chi connectivity index (χ4n) is 5.05. The minimum atomic E-state index is -3.92. The maximum absolute atomic E-state index is 13.7. The fraction of sp³-hybridized carbons (Fsp3) is 0.400. The summed E-state index contributed by atoms with van der Waals surface area (Å²) in [6.07, 6.45) is 4.50. The van der Waals surface area contributed by atoms with Crippen LogP contribution in [0.15, 0.2) is 71.6 Å². The van der Waals surface area contributed by atoms with E-state index in [-0.39, 0.29) is 29.9 Å². The van der Waals surface area contributed by atoms with E-state index in [0.717, 1.165) is 51.9 Å². The van der Waals surface area contributed by atoms with Gasteiger partial charge < -0.3 is 10.2 Å². The van der Waals surface area contributed by atoms with Crippen molar-refractivity contribution in [1.82, 2.24) is 14.5 Å². The number of likely N-dealkylation sites (N-methyl/N-ethyl adjacent to an activating group) is 1. The van der Waals surface area contributed by atoms with Crippen molar-refractivity contribution in [3.05, 3.63) is 77.9 Å². The van der Waals surface area contributed by atoms with Crippen LogP contribution in [0.2, 0.25) is 0 Å². The third kappa shape index (κ3) is 6.42. The Morgan fingerprint density at radius 1 is 0.974 bits per heavy atom. The number of sulfonamides is 1. The van der Waals surface area contributed by atoms with Crippen LogP contribution in [0.3, 0.4) is 0 Å². The van der Waals surface area contributed by atoms with E-state index in [1.165, 1.54) is 11.9 Å². The predicted molar refractivity (Wildman–Crippen MR) is 150 cm³/mol. The molecule has 0 heterocycles. The average Bonchev–Trinajstić information content (AvgIpc) is 3.42. The lowest BCUT2D eigenvalue weighted by Crippen LogP contribution is -2.53. The average molecular weight is 536 g/mol. The first-order valence-corrected chi connectivity index (χ1v) is 14.7. The summed E-state index contributed by atoms with van der Waals surface area (Å²) in [5.41, 5.74) is 1.98. The number of rotatable bonds is 10. The van der Waals surface area contributed by atoms with Gasteiger partial charge in [-0.25, -0.2) is 8.42 Å². The topological polar surface area (TPSA) is 86.8 Å². The van der Waals surface area contributed by atoms with E-state index in [2.05, 4.69) is 5.32 Å². The molecule has 0 unspecified atom stereocenters. The van der Waals surface area contributed by atoms with Crippen LogP contribution in [0.25, 0.3) is 10.8 Å². The highest BCUT2D eigenvalue weighted by molar-refractivity contribution is 7.89. The predicted octanol–water partition coefficient (Wildman–Crippen LogP) is 4.63. The molecule has 1 N–H and O–H groups in total. The Bertz CT molecular complexity index is 1380. The summed E-state index contributed by atoms with van der Waals surface area (Å²) in [5.74, 6) is -0.592. The van der Waals surface area contributed by atoms with Crippen molar-refractivity contribution < 1.29 is 18.0 Å². The van der Waals surface area contributed by atoms with Gasteiger partial charge in [0.05, 0.1) is 11.4 Å². The Hall–Kier alpha value is -3.23. The van der Waals surface area contributed by atoms with Crippen LogP contribution < -0.4 is 5.32 Å². The first-order chi connectivity index (χ1) is 18.2. The molecular formula is C30H37N3O4S. The van der Waals surface area contributed by atoms with Gasteiger partial charge in [0, 0.05) is 19.6 Å². The summed E-state index contributed by atoms with van der Waals surface area (Å²) < 4.78 is 27.9. The number of nitrogens with one attached hydrogen (secondary N) is 1. The number of carbonyl (C=O) groups is 2. The van der Waals surface area contributed by atoms with Gasteiger partial charge in [-0.15, -0.1) is 0 Å². The van der Waals surface area contributed by atoms with E-state index in [1.807, 2.05) is 62.4 Å². The number of amides is 2. The quantitative estimate of drug-likeness (QED) is 0.410. The van der Waals surface area contributed by atoms with Gasteiger partial charge in [0.15, 0.2) is 0 Å². The normalized spacial score (nSPS) is 15.1. The molecule has 1 aliphatic carbocycles. The van der Waals surface area contributed by atoms with Crippen LogP contribution in [-0.4, -0.2) is 55.1 Å². The van der Waals surface area contributed by atoms with Gasteiger partial charge in [-0.1, -0.05) is 79.9 Å². The van der Waals surface area contributed by atoms with Gasteiger partial charge >= 0.3 is 0 Å². The first kappa shape index (κ1) is 27.8. The Morgan fingerprint density at radius 2 is 1.63 bits per heavy atom. The summed E-state index contributed by atoms with van der Waals surface area (Å²) >= 11 is 0. The zero-order chi connectivity index (χ0) is 27.3. The number of aryl methyl sites for hydroxylation is 1. The lowest BCUT2D eigenvalue weighted by molar-refractivity contribution is -0.141. The number of hydrogen-bond donors (Lipinski definition) is 1. The molecule has 0 saturated heterocycles. The summed E-state index contributed by atoms with van der Waals surface area (Å²) in [4.78, 5) is 28.7. The molecule has 1 aliphatic rings. The molecule has 1 fully saturated rings. The van der Waals surface area contributed by atoms with Gasteiger partial charge in [-0.05, 0) is 54.7 Å². The fourth-order valence-corrected chi connectivity index (χ4v) is 6.21. The highest BCUT2D eigenvalue weighted by atomic mass is 32.2. The molecule has 202 valence electrons. The largest absolute Gasteiger partial charge is 0.352 e. The molecule has 3 aromatic rings. The zero-order valence-corrected chi connectivity index (χ0v) is 23.2. The molecule has 8 heteroatoms. The molecular weight excluding hydrogens is 498 g/mol. The number of fused-ring (bicyclic) bond motifs is 1. The second-order valence-electron chi connectivity index (χ2n) is 10.2. The Labute approximate surface area is 225 Å². The van der Waals surface area contributed by atoms with Gasteiger partial charge in [0.2, 0.25) is 21.8 Å². The first-order valence-electron chi connectivity index (χ1n) is 13.3. The highest BCUT2D eigenvalue weighted by Gasteiger charge is 2.33. The van der Waals surface area contributed by atoms with Crippen LogP contribution in [0, 0.1) is 6.92 Å². The van der Waals surface area contributed by atoms with Crippen LogP contribution in [0.5, 0.6) is 0 Å². The maximum Gasteiger partial charge on any atom is 0.243 e.